The zero-order chi connectivity index (χ0) is 18.4. The molecule has 1 aromatic heterocycles. The molecule has 0 aliphatic rings. The molecule has 26 heavy (non-hydrogen) atoms. The number of carbonyl (C=O) groups is 1. The van der Waals surface area contributed by atoms with Crippen LogP contribution in [0.4, 0.5) is 5.69 Å². The minimum Gasteiger partial charge on any atom is -0.497 e. The number of benzene rings is 2. The molecular formula is C20H17ClN2O2S. The van der Waals surface area contributed by atoms with E-state index in [-0.39, 0.29) is 5.91 Å². The average Bonchev–Trinajstić information content (AvgIpc) is 2.68. The molecule has 1 unspecified atom stereocenters. The van der Waals surface area contributed by atoms with Gasteiger partial charge in [0.15, 0.2) is 0 Å². The Morgan fingerprint density at radius 1 is 1.08 bits per heavy atom. The van der Waals surface area contributed by atoms with E-state index in [9.17, 15) is 4.79 Å². The molecule has 1 heterocycles. The highest BCUT2D eigenvalue weighted by atomic mass is 35.5. The predicted octanol–water partition coefficient (Wildman–Crippen LogP) is 5.22. The second-order valence-corrected chi connectivity index (χ2v) is 7.00. The first kappa shape index (κ1) is 18.3. The van der Waals surface area contributed by atoms with Crippen molar-refractivity contribution < 1.29 is 9.53 Å². The highest BCUT2D eigenvalue weighted by molar-refractivity contribution is 8.00. The summed E-state index contributed by atoms with van der Waals surface area (Å²) in [6, 6.07) is 20.4. The van der Waals surface area contributed by atoms with Gasteiger partial charge in [-0.3, -0.25) is 4.79 Å². The third-order valence-electron chi connectivity index (χ3n) is 3.64. The van der Waals surface area contributed by atoms with E-state index in [1.165, 1.54) is 11.8 Å². The Hall–Kier alpha value is -2.50. The molecular weight excluding hydrogens is 368 g/mol. The van der Waals surface area contributed by atoms with Crippen LogP contribution in [0, 0.1) is 0 Å². The summed E-state index contributed by atoms with van der Waals surface area (Å²) >= 11 is 7.28. The Labute approximate surface area is 161 Å². The van der Waals surface area contributed by atoms with Gasteiger partial charge in [0.25, 0.3) is 0 Å². The number of nitrogens with one attached hydrogen (secondary N) is 1. The van der Waals surface area contributed by atoms with Gasteiger partial charge in [-0.25, -0.2) is 4.98 Å². The van der Waals surface area contributed by atoms with Gasteiger partial charge in [0.05, 0.1) is 17.2 Å². The molecule has 0 bridgehead atoms. The van der Waals surface area contributed by atoms with Crippen LogP contribution in [-0.2, 0) is 4.79 Å². The summed E-state index contributed by atoms with van der Waals surface area (Å²) in [4.78, 5) is 17.2. The largest absolute Gasteiger partial charge is 0.497 e. The minimum absolute atomic E-state index is 0.122. The molecule has 3 aromatic rings. The number of hydrogen-bond acceptors (Lipinski definition) is 4. The summed E-state index contributed by atoms with van der Waals surface area (Å²) in [6.07, 6.45) is 1.58. The quantitative estimate of drug-likeness (QED) is 0.592. The number of methoxy groups -OCH3 is 1. The first-order valence-electron chi connectivity index (χ1n) is 7.94. The van der Waals surface area contributed by atoms with Gasteiger partial charge in [0.1, 0.15) is 11.0 Å². The lowest BCUT2D eigenvalue weighted by atomic mass is 10.1. The van der Waals surface area contributed by atoms with Crippen molar-refractivity contribution in [3.63, 3.8) is 0 Å². The number of rotatable bonds is 6. The van der Waals surface area contributed by atoms with Gasteiger partial charge in [0.2, 0.25) is 5.91 Å². The maximum Gasteiger partial charge on any atom is 0.242 e. The van der Waals surface area contributed by atoms with Crippen LogP contribution in [0.5, 0.6) is 5.75 Å². The van der Waals surface area contributed by atoms with Crippen molar-refractivity contribution in [1.29, 1.82) is 0 Å². The van der Waals surface area contributed by atoms with Crippen molar-refractivity contribution in [3.8, 4) is 5.75 Å². The van der Waals surface area contributed by atoms with E-state index in [0.29, 0.717) is 10.7 Å². The first-order chi connectivity index (χ1) is 12.7. The zero-order valence-electron chi connectivity index (χ0n) is 14.1. The summed E-state index contributed by atoms with van der Waals surface area (Å²) in [5, 5.41) is 3.81. The van der Waals surface area contributed by atoms with Gasteiger partial charge in [-0.1, -0.05) is 53.7 Å². The number of ether oxygens (including phenoxy) is 1. The Balaban J connectivity index is 1.81. The van der Waals surface area contributed by atoms with Crippen LogP contribution in [-0.4, -0.2) is 18.0 Å². The zero-order valence-corrected chi connectivity index (χ0v) is 15.6. The monoisotopic (exact) mass is 384 g/mol. The molecule has 3 rings (SSSR count). The number of aromatic nitrogens is 1. The van der Waals surface area contributed by atoms with Gasteiger partial charge in [-0.15, -0.1) is 0 Å². The summed E-state index contributed by atoms with van der Waals surface area (Å²) < 4.78 is 5.14. The van der Waals surface area contributed by atoms with E-state index in [1.54, 1.807) is 31.5 Å². The number of anilines is 1. The molecule has 6 heteroatoms. The Kier molecular flexibility index (Phi) is 6.15. The number of thioether (sulfide) groups is 1. The maximum absolute atomic E-state index is 12.9. The van der Waals surface area contributed by atoms with Crippen molar-refractivity contribution >= 4 is 35.0 Å². The lowest BCUT2D eigenvalue weighted by molar-refractivity contribution is -0.115. The van der Waals surface area contributed by atoms with E-state index in [0.717, 1.165) is 16.3 Å². The van der Waals surface area contributed by atoms with Crippen LogP contribution in [0.1, 0.15) is 10.8 Å². The molecule has 0 fully saturated rings. The van der Waals surface area contributed by atoms with Crippen LogP contribution < -0.4 is 10.1 Å². The fraction of sp³-hybridized carbons (Fsp3) is 0.100. The minimum atomic E-state index is -0.438. The van der Waals surface area contributed by atoms with E-state index in [2.05, 4.69) is 10.3 Å². The molecule has 4 nitrogen and oxygen atoms in total. The number of hydrogen-bond donors (Lipinski definition) is 1. The summed E-state index contributed by atoms with van der Waals surface area (Å²) in [5.41, 5.74) is 1.61. The normalized spacial score (nSPS) is 11.6. The highest BCUT2D eigenvalue weighted by Crippen LogP contribution is 2.35. The van der Waals surface area contributed by atoms with E-state index in [4.69, 9.17) is 16.3 Å². The Bertz CT molecular complexity index is 855. The fourth-order valence-corrected chi connectivity index (χ4v) is 3.41. The summed E-state index contributed by atoms with van der Waals surface area (Å²) in [5.74, 6) is 0.616. The molecule has 0 saturated carbocycles. The molecule has 0 aliphatic heterocycles. The number of carbonyl (C=O) groups excluding carboxylic acids is 1. The fourth-order valence-electron chi connectivity index (χ4n) is 2.34. The van der Waals surface area contributed by atoms with Gasteiger partial charge < -0.3 is 10.1 Å². The molecule has 132 valence electrons. The van der Waals surface area contributed by atoms with Crippen LogP contribution >= 0.6 is 23.4 Å². The Morgan fingerprint density at radius 3 is 2.42 bits per heavy atom. The average molecular weight is 385 g/mol. The Morgan fingerprint density at radius 2 is 1.81 bits per heavy atom. The number of nitrogens with zero attached hydrogens (tertiary/aromatic N) is 1. The maximum atomic E-state index is 12.9. The molecule has 2 aromatic carbocycles. The van der Waals surface area contributed by atoms with E-state index in [1.807, 2.05) is 48.5 Å². The molecule has 0 aliphatic carbocycles. The van der Waals surface area contributed by atoms with Gasteiger partial charge in [-0.05, 0) is 42.0 Å². The smallest absolute Gasteiger partial charge is 0.242 e. The molecule has 1 amide bonds. The van der Waals surface area contributed by atoms with Crippen LogP contribution in [0.25, 0.3) is 0 Å². The summed E-state index contributed by atoms with van der Waals surface area (Å²) in [7, 11) is 1.61. The standard InChI is InChI=1S/C20H17ClN2O2S/c1-25-17-10-8-16(9-11-17)23-20(24)19(14-5-3-2-4-6-14)26-18-12-7-15(21)13-22-18/h2-13,19H,1H3,(H,23,24). The van der Waals surface area contributed by atoms with Gasteiger partial charge in [-0.2, -0.15) is 0 Å². The number of pyridine rings is 1. The first-order valence-corrected chi connectivity index (χ1v) is 9.19. The molecule has 1 atom stereocenters. The SMILES string of the molecule is COc1ccc(NC(=O)C(Sc2ccc(Cl)cn2)c2ccccc2)cc1. The van der Waals surface area contributed by atoms with Gasteiger partial charge >= 0.3 is 0 Å². The second kappa shape index (κ2) is 8.74. The molecule has 1 N–H and O–H groups in total. The van der Waals surface area contributed by atoms with E-state index < -0.39 is 5.25 Å². The predicted molar refractivity (Wildman–Crippen MR) is 106 cm³/mol. The highest BCUT2D eigenvalue weighted by Gasteiger charge is 2.22. The third kappa shape index (κ3) is 4.77. The molecule has 0 saturated heterocycles. The van der Waals surface area contributed by atoms with Gasteiger partial charge in [0, 0.05) is 11.9 Å². The number of halogens is 1. The van der Waals surface area contributed by atoms with Crippen LogP contribution in [0.15, 0.2) is 78.0 Å². The van der Waals surface area contributed by atoms with Crippen molar-refractivity contribution in [1.82, 2.24) is 4.98 Å². The van der Waals surface area contributed by atoms with Crippen molar-refractivity contribution in [2.24, 2.45) is 0 Å². The molecule has 0 spiro atoms. The second-order valence-electron chi connectivity index (χ2n) is 5.44. The lowest BCUT2D eigenvalue weighted by Crippen LogP contribution is -2.19. The van der Waals surface area contributed by atoms with Crippen LogP contribution in [0.2, 0.25) is 5.02 Å². The van der Waals surface area contributed by atoms with E-state index >= 15 is 0 Å². The number of amides is 1. The van der Waals surface area contributed by atoms with Crippen molar-refractivity contribution in [2.75, 3.05) is 12.4 Å². The van der Waals surface area contributed by atoms with Crippen molar-refractivity contribution in [3.05, 3.63) is 83.5 Å². The molecule has 0 radical (unpaired) electrons. The topological polar surface area (TPSA) is 51.2 Å². The summed E-state index contributed by atoms with van der Waals surface area (Å²) in [6.45, 7) is 0. The van der Waals surface area contributed by atoms with Crippen molar-refractivity contribution in [2.45, 2.75) is 10.3 Å². The van der Waals surface area contributed by atoms with Crippen LogP contribution in [0.3, 0.4) is 0 Å². The third-order valence-corrected chi connectivity index (χ3v) is 5.07. The lowest BCUT2D eigenvalue weighted by Gasteiger charge is -2.17.